The Morgan fingerprint density at radius 1 is 1.00 bits per heavy atom. The molecule has 0 unspecified atom stereocenters. The fourth-order valence-corrected chi connectivity index (χ4v) is 2.12. The maximum absolute atomic E-state index is 12.1. The van der Waals surface area contributed by atoms with Crippen molar-refractivity contribution in [3.63, 3.8) is 0 Å². The first-order valence-corrected chi connectivity index (χ1v) is 6.96. The maximum Gasteiger partial charge on any atom is 0.291 e. The zero-order valence-corrected chi connectivity index (χ0v) is 12.2. The molecule has 22 heavy (non-hydrogen) atoms. The van der Waals surface area contributed by atoms with Crippen LogP contribution in [0.1, 0.15) is 10.6 Å². The SMILES string of the molecule is O=C(Nc1ccccc1O)c1ccc(-c2ccc(Cl)cc2)o1. The molecule has 5 heteroatoms. The van der Waals surface area contributed by atoms with Gasteiger partial charge in [-0.25, -0.2) is 0 Å². The molecular weight excluding hydrogens is 302 g/mol. The predicted octanol–water partition coefficient (Wildman–Crippen LogP) is 4.56. The van der Waals surface area contributed by atoms with Gasteiger partial charge in [0.25, 0.3) is 5.91 Å². The molecule has 0 saturated carbocycles. The minimum atomic E-state index is -0.429. The van der Waals surface area contributed by atoms with E-state index < -0.39 is 5.91 Å². The number of rotatable bonds is 3. The second-order valence-electron chi connectivity index (χ2n) is 4.64. The lowest BCUT2D eigenvalue weighted by Gasteiger charge is -2.05. The lowest BCUT2D eigenvalue weighted by Crippen LogP contribution is -2.10. The van der Waals surface area contributed by atoms with Crippen LogP contribution in [0.3, 0.4) is 0 Å². The van der Waals surface area contributed by atoms with Crippen molar-refractivity contribution >= 4 is 23.2 Å². The number of hydrogen-bond acceptors (Lipinski definition) is 3. The average molecular weight is 314 g/mol. The summed E-state index contributed by atoms with van der Waals surface area (Å²) in [7, 11) is 0. The van der Waals surface area contributed by atoms with Gasteiger partial charge in [0.15, 0.2) is 5.76 Å². The van der Waals surface area contributed by atoms with E-state index in [9.17, 15) is 9.90 Å². The molecule has 2 aromatic carbocycles. The molecular formula is C17H12ClNO3. The first-order valence-electron chi connectivity index (χ1n) is 6.58. The highest BCUT2D eigenvalue weighted by atomic mass is 35.5. The zero-order chi connectivity index (χ0) is 15.5. The summed E-state index contributed by atoms with van der Waals surface area (Å²) in [5.74, 6) is 0.300. The van der Waals surface area contributed by atoms with Gasteiger partial charge in [0.05, 0.1) is 5.69 Å². The van der Waals surface area contributed by atoms with Gasteiger partial charge in [0.1, 0.15) is 11.5 Å². The molecule has 1 heterocycles. The normalized spacial score (nSPS) is 10.4. The largest absolute Gasteiger partial charge is 0.506 e. The molecule has 0 aliphatic carbocycles. The number of halogens is 1. The van der Waals surface area contributed by atoms with E-state index in [1.54, 1.807) is 42.5 Å². The number of carbonyl (C=O) groups excluding carboxylic acids is 1. The highest BCUT2D eigenvalue weighted by molar-refractivity contribution is 6.30. The number of phenolic OH excluding ortho intramolecular Hbond substituents is 1. The van der Waals surface area contributed by atoms with Gasteiger partial charge in [0, 0.05) is 10.6 Å². The summed E-state index contributed by atoms with van der Waals surface area (Å²) in [5, 5.41) is 12.9. The summed E-state index contributed by atoms with van der Waals surface area (Å²) in [6.07, 6.45) is 0. The van der Waals surface area contributed by atoms with Crippen LogP contribution in [0.15, 0.2) is 65.1 Å². The number of nitrogens with one attached hydrogen (secondary N) is 1. The number of phenols is 1. The molecule has 3 aromatic rings. The summed E-state index contributed by atoms with van der Waals surface area (Å²) in [6.45, 7) is 0. The summed E-state index contributed by atoms with van der Waals surface area (Å²) >= 11 is 5.84. The van der Waals surface area contributed by atoms with E-state index in [1.807, 2.05) is 12.1 Å². The van der Waals surface area contributed by atoms with Crippen LogP contribution in [0.2, 0.25) is 5.02 Å². The minimum absolute atomic E-state index is 0.000306. The van der Waals surface area contributed by atoms with Gasteiger partial charge in [0.2, 0.25) is 0 Å². The first-order chi connectivity index (χ1) is 10.6. The molecule has 0 spiro atoms. The standard InChI is InChI=1S/C17H12ClNO3/c18-12-7-5-11(6-8-12)15-9-10-16(22-15)17(21)19-13-3-1-2-4-14(13)20/h1-10,20H,(H,19,21). The molecule has 110 valence electrons. The number of anilines is 1. The quantitative estimate of drug-likeness (QED) is 0.697. The van der Waals surface area contributed by atoms with E-state index in [1.165, 1.54) is 6.07 Å². The second-order valence-corrected chi connectivity index (χ2v) is 5.08. The Morgan fingerprint density at radius 2 is 1.73 bits per heavy atom. The Balaban J connectivity index is 1.80. The van der Waals surface area contributed by atoms with Crippen molar-refractivity contribution in [1.82, 2.24) is 0 Å². The van der Waals surface area contributed by atoms with E-state index in [4.69, 9.17) is 16.0 Å². The molecule has 0 bridgehead atoms. The van der Waals surface area contributed by atoms with Crippen LogP contribution in [-0.4, -0.2) is 11.0 Å². The van der Waals surface area contributed by atoms with E-state index in [0.29, 0.717) is 16.5 Å². The molecule has 0 aliphatic heterocycles. The number of aromatic hydroxyl groups is 1. The summed E-state index contributed by atoms with van der Waals surface area (Å²) < 4.78 is 5.55. The monoisotopic (exact) mass is 313 g/mol. The van der Waals surface area contributed by atoms with Crippen molar-refractivity contribution in [2.75, 3.05) is 5.32 Å². The van der Waals surface area contributed by atoms with E-state index in [-0.39, 0.29) is 11.5 Å². The van der Waals surface area contributed by atoms with Gasteiger partial charge >= 0.3 is 0 Å². The van der Waals surface area contributed by atoms with Crippen molar-refractivity contribution < 1.29 is 14.3 Å². The molecule has 0 atom stereocenters. The van der Waals surface area contributed by atoms with E-state index in [2.05, 4.69) is 5.32 Å². The Hall–Kier alpha value is -2.72. The number of para-hydroxylation sites is 2. The smallest absolute Gasteiger partial charge is 0.291 e. The minimum Gasteiger partial charge on any atom is -0.506 e. The molecule has 4 nitrogen and oxygen atoms in total. The van der Waals surface area contributed by atoms with Gasteiger partial charge in [-0.15, -0.1) is 0 Å². The van der Waals surface area contributed by atoms with Crippen molar-refractivity contribution in [3.8, 4) is 17.1 Å². The molecule has 0 fully saturated rings. The fraction of sp³-hybridized carbons (Fsp3) is 0. The lowest BCUT2D eigenvalue weighted by molar-refractivity contribution is 0.0997. The second kappa shape index (κ2) is 5.95. The highest BCUT2D eigenvalue weighted by Crippen LogP contribution is 2.26. The number of carbonyl (C=O) groups is 1. The third-order valence-electron chi connectivity index (χ3n) is 3.11. The van der Waals surface area contributed by atoms with Gasteiger partial charge < -0.3 is 14.8 Å². The van der Waals surface area contributed by atoms with Crippen molar-refractivity contribution in [2.24, 2.45) is 0 Å². The Morgan fingerprint density at radius 3 is 2.45 bits per heavy atom. The number of benzene rings is 2. The van der Waals surface area contributed by atoms with Gasteiger partial charge in [-0.1, -0.05) is 23.7 Å². The summed E-state index contributed by atoms with van der Waals surface area (Å²) in [6, 6.07) is 16.9. The Labute approximate surface area is 132 Å². The van der Waals surface area contributed by atoms with Crippen LogP contribution in [-0.2, 0) is 0 Å². The zero-order valence-electron chi connectivity index (χ0n) is 11.4. The predicted molar refractivity (Wildman–Crippen MR) is 85.2 cm³/mol. The molecule has 0 aliphatic rings. The maximum atomic E-state index is 12.1. The number of hydrogen-bond donors (Lipinski definition) is 2. The van der Waals surface area contributed by atoms with Gasteiger partial charge in [-0.2, -0.15) is 0 Å². The first kappa shape index (κ1) is 14.2. The number of furan rings is 1. The van der Waals surface area contributed by atoms with Crippen molar-refractivity contribution in [1.29, 1.82) is 0 Å². The van der Waals surface area contributed by atoms with E-state index in [0.717, 1.165) is 5.56 Å². The van der Waals surface area contributed by atoms with Crippen molar-refractivity contribution in [2.45, 2.75) is 0 Å². The van der Waals surface area contributed by atoms with Crippen LogP contribution in [0.5, 0.6) is 5.75 Å². The summed E-state index contributed by atoms with van der Waals surface area (Å²) in [5.41, 5.74) is 1.16. The molecule has 2 N–H and O–H groups in total. The molecule has 1 amide bonds. The third-order valence-corrected chi connectivity index (χ3v) is 3.36. The van der Waals surface area contributed by atoms with Crippen LogP contribution in [0.4, 0.5) is 5.69 Å². The molecule has 3 rings (SSSR count). The Kier molecular flexibility index (Phi) is 3.85. The highest BCUT2D eigenvalue weighted by Gasteiger charge is 2.13. The van der Waals surface area contributed by atoms with Gasteiger partial charge in [-0.3, -0.25) is 4.79 Å². The molecule has 1 aromatic heterocycles. The van der Waals surface area contributed by atoms with Crippen LogP contribution in [0.25, 0.3) is 11.3 Å². The average Bonchev–Trinajstić information content (AvgIpc) is 3.00. The van der Waals surface area contributed by atoms with Crippen LogP contribution >= 0.6 is 11.6 Å². The lowest BCUT2D eigenvalue weighted by atomic mass is 10.2. The van der Waals surface area contributed by atoms with Gasteiger partial charge in [-0.05, 0) is 48.5 Å². The molecule has 0 saturated heterocycles. The van der Waals surface area contributed by atoms with Crippen molar-refractivity contribution in [3.05, 3.63) is 71.4 Å². The molecule has 0 radical (unpaired) electrons. The Bertz CT molecular complexity index is 809. The third kappa shape index (κ3) is 2.97. The van der Waals surface area contributed by atoms with Crippen LogP contribution in [0, 0.1) is 0 Å². The number of amides is 1. The topological polar surface area (TPSA) is 62.5 Å². The summed E-state index contributed by atoms with van der Waals surface area (Å²) in [4.78, 5) is 12.1. The van der Waals surface area contributed by atoms with Crippen LogP contribution < -0.4 is 5.32 Å². The fourth-order valence-electron chi connectivity index (χ4n) is 1.99. The van der Waals surface area contributed by atoms with E-state index >= 15 is 0 Å².